The number of ether oxygens (including phenoxy) is 4. The molecule has 0 spiro atoms. The molecule has 2 saturated heterocycles. The number of nitrogens with zero attached hydrogens (tertiary/aromatic N) is 14. The molecule has 0 radical (unpaired) electrons. The number of nitrogens with one attached hydrogen (secondary N) is 1. The molecule has 0 bridgehead atoms. The van der Waals surface area contributed by atoms with Gasteiger partial charge in [-0.05, 0) is 90.5 Å². The molecule has 8 heterocycles. The van der Waals surface area contributed by atoms with E-state index in [-0.39, 0.29) is 29.3 Å². The zero-order valence-electron chi connectivity index (χ0n) is 47.6. The summed E-state index contributed by atoms with van der Waals surface area (Å²) in [7, 11) is 6.07. The van der Waals surface area contributed by atoms with Crippen molar-refractivity contribution in [3.63, 3.8) is 0 Å². The molecule has 11 rings (SSSR count). The predicted molar refractivity (Wildman–Crippen MR) is 305 cm³/mol. The van der Waals surface area contributed by atoms with Gasteiger partial charge < -0.3 is 50.0 Å². The van der Waals surface area contributed by atoms with Crippen molar-refractivity contribution in [2.24, 2.45) is 0 Å². The molecule has 2 aliphatic heterocycles. The van der Waals surface area contributed by atoms with Gasteiger partial charge >= 0.3 is 0 Å². The first-order chi connectivity index (χ1) is 38.8. The van der Waals surface area contributed by atoms with Crippen LogP contribution in [0.25, 0.3) is 33.1 Å². The molecule has 2 fully saturated rings. The van der Waals surface area contributed by atoms with Gasteiger partial charge in [-0.15, -0.1) is 10.2 Å². The molecule has 4 atom stereocenters. The van der Waals surface area contributed by atoms with E-state index in [0.29, 0.717) is 100 Å². The highest BCUT2D eigenvalue weighted by Crippen LogP contribution is 2.38. The zero-order chi connectivity index (χ0) is 57.5. The van der Waals surface area contributed by atoms with Gasteiger partial charge in [-0.2, -0.15) is 19.2 Å². The van der Waals surface area contributed by atoms with E-state index < -0.39 is 22.8 Å². The number of aliphatic hydroxyl groups is 2. The molecule has 3 aromatic carbocycles. The molecular weight excluding hydrogens is 1040 g/mol. The fourth-order valence-corrected chi connectivity index (χ4v) is 11.1. The van der Waals surface area contributed by atoms with E-state index in [2.05, 4.69) is 49.2 Å². The molecule has 4 unspecified atom stereocenters. The van der Waals surface area contributed by atoms with E-state index in [1.165, 1.54) is 36.9 Å². The average Bonchev–Trinajstić information content (AvgIpc) is 4.50. The summed E-state index contributed by atoms with van der Waals surface area (Å²) in [6, 6.07) is 12.2. The fourth-order valence-electron chi connectivity index (χ4n) is 11.1. The average molecular weight is 1120 g/mol. The van der Waals surface area contributed by atoms with Crippen LogP contribution < -0.4 is 39.8 Å². The van der Waals surface area contributed by atoms with Gasteiger partial charge in [0.05, 0.1) is 87.5 Å². The van der Waals surface area contributed by atoms with Crippen molar-refractivity contribution in [2.45, 2.75) is 135 Å². The van der Waals surface area contributed by atoms with Crippen LogP contribution in [-0.2, 0) is 19.6 Å². The van der Waals surface area contributed by atoms with Crippen molar-refractivity contribution in [1.29, 1.82) is 0 Å². The van der Waals surface area contributed by atoms with Crippen molar-refractivity contribution in [2.75, 3.05) is 62.4 Å². The maximum atomic E-state index is 15.0. The van der Waals surface area contributed by atoms with Crippen molar-refractivity contribution >= 4 is 56.4 Å². The Morgan fingerprint density at radius 3 is 1.60 bits per heavy atom. The molecule has 9 aromatic rings. The monoisotopic (exact) mass is 1110 g/mol. The predicted octanol–water partition coefficient (Wildman–Crippen LogP) is 8.32. The van der Waals surface area contributed by atoms with Gasteiger partial charge in [0.1, 0.15) is 11.5 Å². The number of nitrogen functional groups attached to an aromatic ring is 1. The molecule has 24 heteroatoms. The van der Waals surface area contributed by atoms with E-state index in [4.69, 9.17) is 44.7 Å². The summed E-state index contributed by atoms with van der Waals surface area (Å²) in [4.78, 5) is 23.7. The Kier molecular flexibility index (Phi) is 15.8. The Balaban J connectivity index is 0.000000189. The minimum atomic E-state index is -0.872. The Labute approximate surface area is 467 Å². The number of fused-ring (bicyclic) bond motifs is 6. The zero-order valence-corrected chi connectivity index (χ0v) is 47.6. The van der Waals surface area contributed by atoms with Crippen molar-refractivity contribution < 1.29 is 37.9 Å². The lowest BCUT2D eigenvalue weighted by atomic mass is 9.90. The Morgan fingerprint density at radius 2 is 1.12 bits per heavy atom. The summed E-state index contributed by atoms with van der Waals surface area (Å²) in [5.74, 6) is 2.64. The molecule has 5 N–H and O–H groups in total. The maximum Gasteiger partial charge on any atom is 0.226 e. The summed E-state index contributed by atoms with van der Waals surface area (Å²) < 4.78 is 57.4. The number of hydrogen-bond acceptors (Lipinski definition) is 18. The second-order valence-electron chi connectivity index (χ2n) is 22.2. The van der Waals surface area contributed by atoms with Gasteiger partial charge in [0.25, 0.3) is 0 Å². The number of nitrogens with two attached hydrogens (primary N) is 1. The third-order valence-corrected chi connectivity index (χ3v) is 15.2. The Hall–Kier alpha value is -8.12. The molecule has 0 amide bonds. The van der Waals surface area contributed by atoms with Gasteiger partial charge in [0, 0.05) is 90.5 Å². The number of benzene rings is 3. The van der Waals surface area contributed by atoms with Crippen LogP contribution in [0.4, 0.5) is 32.1 Å². The smallest absolute Gasteiger partial charge is 0.226 e. The van der Waals surface area contributed by atoms with Crippen LogP contribution >= 0.6 is 0 Å². The molecule has 2 aliphatic rings. The normalized spacial score (nSPS) is 18.0. The first-order valence-electron chi connectivity index (χ1n) is 27.4. The topological polar surface area (TPSA) is 244 Å². The number of halogens is 2. The fraction of sp³-hybridized carbons (Fsp3) is 0.474. The molecular formula is C57H72F2N16O6. The second kappa shape index (κ2) is 22.8. The molecule has 0 aliphatic carbocycles. The van der Waals surface area contributed by atoms with E-state index >= 15 is 0 Å². The van der Waals surface area contributed by atoms with Crippen molar-refractivity contribution in [3.8, 4) is 23.0 Å². The SMILES string of the molecule is CCC1CCC(c2nc3c4cc(F)c(OC)cc4nc(N)n3n2)CN1c1cnn(CC(C)(C)O)c1.CCC1CCC(c2nc3c4cc(F)c(OC)cc4nc(NCc4ccc(OC)cc4OC)n3n2)CN1c1cnn(CC(C)(C)O)c1. The first kappa shape index (κ1) is 56.2. The van der Waals surface area contributed by atoms with Crippen molar-refractivity contribution in [3.05, 3.63) is 96.1 Å². The van der Waals surface area contributed by atoms with Gasteiger partial charge in [0.15, 0.2) is 46.1 Å². The molecule has 0 saturated carbocycles. The summed E-state index contributed by atoms with van der Waals surface area (Å²) in [5.41, 5.74) is 9.39. The number of rotatable bonds is 17. The molecule has 6 aromatic heterocycles. The van der Waals surface area contributed by atoms with Crippen LogP contribution in [-0.4, -0.2) is 134 Å². The van der Waals surface area contributed by atoms with Gasteiger partial charge in [-0.3, -0.25) is 9.36 Å². The van der Waals surface area contributed by atoms with E-state index in [1.807, 2.05) is 43.0 Å². The van der Waals surface area contributed by atoms with E-state index in [1.54, 1.807) is 61.9 Å². The van der Waals surface area contributed by atoms with Gasteiger partial charge in [0.2, 0.25) is 11.9 Å². The number of methoxy groups -OCH3 is 4. The minimum Gasteiger partial charge on any atom is -0.497 e. The van der Waals surface area contributed by atoms with E-state index in [0.717, 1.165) is 62.0 Å². The van der Waals surface area contributed by atoms with Crippen LogP contribution in [0.2, 0.25) is 0 Å². The van der Waals surface area contributed by atoms with Gasteiger partial charge in [-0.1, -0.05) is 13.8 Å². The van der Waals surface area contributed by atoms with Crippen LogP contribution in [0, 0.1) is 11.6 Å². The summed E-state index contributed by atoms with van der Waals surface area (Å²) >= 11 is 0. The largest absolute Gasteiger partial charge is 0.497 e. The lowest BCUT2D eigenvalue weighted by Crippen LogP contribution is -2.42. The van der Waals surface area contributed by atoms with Crippen LogP contribution in [0.1, 0.15) is 109 Å². The molecule has 22 nitrogen and oxygen atoms in total. The minimum absolute atomic E-state index is 0.0213. The quantitative estimate of drug-likeness (QED) is 0.0669. The lowest BCUT2D eigenvalue weighted by molar-refractivity contribution is 0.0571. The summed E-state index contributed by atoms with van der Waals surface area (Å²) in [6.45, 7) is 14.1. The summed E-state index contributed by atoms with van der Waals surface area (Å²) in [6.07, 6.45) is 13.4. The van der Waals surface area contributed by atoms with Crippen molar-refractivity contribution in [1.82, 2.24) is 58.7 Å². The number of piperidine rings is 2. The first-order valence-corrected chi connectivity index (χ1v) is 27.4. The third-order valence-electron chi connectivity index (χ3n) is 15.2. The van der Waals surface area contributed by atoms with Gasteiger partial charge in [-0.25, -0.2) is 28.7 Å². The molecule has 81 heavy (non-hydrogen) atoms. The highest BCUT2D eigenvalue weighted by atomic mass is 19.1. The van der Waals surface area contributed by atoms with Crippen LogP contribution in [0.3, 0.4) is 0 Å². The lowest BCUT2D eigenvalue weighted by Gasteiger charge is -2.39. The summed E-state index contributed by atoms with van der Waals surface area (Å²) in [5, 5.41) is 43.5. The number of hydrogen-bond donors (Lipinski definition) is 4. The third kappa shape index (κ3) is 11.9. The van der Waals surface area contributed by atoms with Crippen LogP contribution in [0.5, 0.6) is 23.0 Å². The van der Waals surface area contributed by atoms with E-state index in [9.17, 15) is 19.0 Å². The molecule has 430 valence electrons. The van der Waals surface area contributed by atoms with Crippen LogP contribution in [0.15, 0.2) is 67.3 Å². The highest BCUT2D eigenvalue weighted by molar-refractivity contribution is 5.94. The number of aromatic nitrogens is 12. The Morgan fingerprint density at radius 1 is 0.630 bits per heavy atom. The maximum absolute atomic E-state index is 15.0. The second-order valence-corrected chi connectivity index (χ2v) is 22.2. The highest BCUT2D eigenvalue weighted by Gasteiger charge is 2.34. The standard InChI is InChI=1S/C33H41FN8O4.C24H31FN8O2/c1-7-22-10-8-21(17-41(22)23-16-36-40(18-23)19-33(2,3)43)30-38-31-25-13-26(34)29(46-6)14-27(25)37-32(42(31)39-30)35-15-20-9-11-24(44-4)12-28(20)45-5;1-5-15-7-6-14(11-32(15)16-10-27-31(12-16)13-24(2,3)34)21-29-22-17-8-18(25)20(35-4)9-19(17)28-23(26)33(22)30-21/h9,11-14,16,18,21-22,43H,7-8,10,15,17,19H2,1-6H3,(H,35,37);8-10,12,14-15,34H,5-7,11,13H2,1-4H3,(H2,26,28). The number of anilines is 4. The Bertz CT molecular complexity index is 3700.